The second-order valence-corrected chi connectivity index (χ2v) is 4.91. The van der Waals surface area contributed by atoms with Crippen molar-refractivity contribution in [1.29, 1.82) is 0 Å². The molecule has 5 nitrogen and oxygen atoms in total. The van der Waals surface area contributed by atoms with Crippen LogP contribution in [0.5, 0.6) is 0 Å². The van der Waals surface area contributed by atoms with Crippen LogP contribution < -0.4 is 5.14 Å². The van der Waals surface area contributed by atoms with Gasteiger partial charge < -0.3 is 0 Å². The van der Waals surface area contributed by atoms with E-state index in [2.05, 4.69) is 9.97 Å². The third kappa shape index (κ3) is 2.49. The Morgan fingerprint density at radius 3 is 2.36 bits per heavy atom. The predicted molar refractivity (Wildman–Crippen MR) is 52.2 cm³/mol. The van der Waals surface area contributed by atoms with Gasteiger partial charge in [-0.15, -0.1) is 0 Å². The van der Waals surface area contributed by atoms with Crippen LogP contribution in [-0.4, -0.2) is 18.4 Å². The number of aromatic nitrogens is 2. The molecule has 0 atom stereocenters. The van der Waals surface area contributed by atoms with Gasteiger partial charge in [-0.1, -0.05) is 13.8 Å². The highest BCUT2D eigenvalue weighted by Crippen LogP contribution is 2.12. The molecule has 0 aliphatic rings. The van der Waals surface area contributed by atoms with E-state index in [0.29, 0.717) is 11.5 Å². The first-order chi connectivity index (χ1) is 6.30. The minimum Gasteiger partial charge on any atom is -0.238 e. The Morgan fingerprint density at radius 2 is 1.93 bits per heavy atom. The number of nitrogens with zero attached hydrogens (tertiary/aromatic N) is 2. The number of hydrogen-bond acceptors (Lipinski definition) is 4. The second kappa shape index (κ2) is 3.62. The first-order valence-corrected chi connectivity index (χ1v) is 5.73. The topological polar surface area (TPSA) is 85.9 Å². The zero-order valence-corrected chi connectivity index (χ0v) is 9.17. The molecule has 14 heavy (non-hydrogen) atoms. The lowest BCUT2D eigenvalue weighted by Crippen LogP contribution is -2.16. The van der Waals surface area contributed by atoms with Gasteiger partial charge in [-0.05, 0) is 13.0 Å². The van der Waals surface area contributed by atoms with E-state index in [1.54, 1.807) is 6.92 Å². The van der Waals surface area contributed by atoms with Crippen molar-refractivity contribution in [1.82, 2.24) is 9.97 Å². The molecular weight excluding hydrogens is 202 g/mol. The molecule has 0 radical (unpaired) electrons. The third-order valence-corrected chi connectivity index (χ3v) is 2.45. The van der Waals surface area contributed by atoms with Crippen LogP contribution in [0.3, 0.4) is 0 Å². The summed E-state index contributed by atoms with van der Waals surface area (Å²) >= 11 is 0. The maximum absolute atomic E-state index is 11.0. The minimum atomic E-state index is -3.73. The lowest BCUT2D eigenvalue weighted by molar-refractivity contribution is 0.591. The Hall–Kier alpha value is -1.01. The molecule has 0 fully saturated rings. The summed E-state index contributed by atoms with van der Waals surface area (Å²) in [6.45, 7) is 5.49. The Kier molecular flexibility index (Phi) is 2.86. The molecule has 0 unspecified atom stereocenters. The highest BCUT2D eigenvalue weighted by Gasteiger charge is 2.13. The average Bonchev–Trinajstić information content (AvgIpc) is 2.01. The maximum atomic E-state index is 11.0. The first kappa shape index (κ1) is 11.1. The fourth-order valence-electron chi connectivity index (χ4n) is 0.966. The number of rotatable bonds is 2. The summed E-state index contributed by atoms with van der Waals surface area (Å²) in [5.41, 5.74) is 0.604. The first-order valence-electron chi connectivity index (χ1n) is 4.19. The van der Waals surface area contributed by atoms with Gasteiger partial charge in [-0.3, -0.25) is 0 Å². The van der Waals surface area contributed by atoms with Crippen molar-refractivity contribution < 1.29 is 8.42 Å². The molecule has 78 valence electrons. The Morgan fingerprint density at radius 1 is 1.36 bits per heavy atom. The van der Waals surface area contributed by atoms with Crippen molar-refractivity contribution in [2.24, 2.45) is 5.14 Å². The van der Waals surface area contributed by atoms with Crippen LogP contribution in [0.15, 0.2) is 11.1 Å². The quantitative estimate of drug-likeness (QED) is 0.730. The van der Waals surface area contributed by atoms with E-state index in [-0.39, 0.29) is 10.9 Å². The fraction of sp³-hybridized carbons (Fsp3) is 0.500. The van der Waals surface area contributed by atoms with E-state index in [0.717, 1.165) is 0 Å². The molecule has 1 aromatic heterocycles. The zero-order valence-electron chi connectivity index (χ0n) is 8.35. The van der Waals surface area contributed by atoms with Crippen molar-refractivity contribution >= 4 is 10.0 Å². The van der Waals surface area contributed by atoms with Gasteiger partial charge in [0, 0.05) is 11.6 Å². The predicted octanol–water partition coefficient (Wildman–Crippen LogP) is 0.556. The summed E-state index contributed by atoms with van der Waals surface area (Å²) in [5.74, 6) is 0.574. The van der Waals surface area contributed by atoms with E-state index in [1.807, 2.05) is 13.8 Å². The van der Waals surface area contributed by atoms with E-state index < -0.39 is 10.0 Å². The summed E-state index contributed by atoms with van der Waals surface area (Å²) in [7, 11) is -3.73. The smallest absolute Gasteiger partial charge is 0.238 e. The Bertz CT molecular complexity index is 440. The highest BCUT2D eigenvalue weighted by atomic mass is 32.2. The van der Waals surface area contributed by atoms with Gasteiger partial charge in [-0.2, -0.15) is 0 Å². The van der Waals surface area contributed by atoms with Crippen LogP contribution in [-0.2, 0) is 10.0 Å². The molecule has 0 saturated heterocycles. The van der Waals surface area contributed by atoms with Crippen molar-refractivity contribution in [2.75, 3.05) is 0 Å². The molecule has 0 aromatic carbocycles. The summed E-state index contributed by atoms with van der Waals surface area (Å²) in [6.07, 6.45) is 0. The molecule has 0 aliphatic heterocycles. The van der Waals surface area contributed by atoms with Crippen LogP contribution >= 0.6 is 0 Å². The number of nitrogens with two attached hydrogens (primary N) is 1. The standard InChI is InChI=1S/C8H13N3O2S/c1-5(2)8-10-6(3)4-7(11-8)14(9,12)13/h4-5H,1-3H3,(H2,9,12,13). The molecule has 0 spiro atoms. The van der Waals surface area contributed by atoms with Crippen LogP contribution in [0.1, 0.15) is 31.3 Å². The summed E-state index contributed by atoms with van der Waals surface area (Å²) in [5, 5.41) is 4.86. The molecular formula is C8H13N3O2S. The van der Waals surface area contributed by atoms with E-state index in [4.69, 9.17) is 5.14 Å². The number of hydrogen-bond donors (Lipinski definition) is 1. The summed E-state index contributed by atoms with van der Waals surface area (Å²) in [6, 6.07) is 1.36. The van der Waals surface area contributed by atoms with Gasteiger partial charge in [-0.25, -0.2) is 23.5 Å². The molecule has 0 aliphatic carbocycles. The highest BCUT2D eigenvalue weighted by molar-refractivity contribution is 7.89. The molecule has 2 N–H and O–H groups in total. The molecule has 6 heteroatoms. The lowest BCUT2D eigenvalue weighted by Gasteiger charge is -2.06. The Labute approximate surface area is 83.4 Å². The number of aryl methyl sites for hydroxylation is 1. The van der Waals surface area contributed by atoms with Gasteiger partial charge in [0.05, 0.1) is 0 Å². The van der Waals surface area contributed by atoms with Crippen LogP contribution in [0.2, 0.25) is 0 Å². The fourth-order valence-corrected chi connectivity index (χ4v) is 1.52. The van der Waals surface area contributed by atoms with Gasteiger partial charge >= 0.3 is 0 Å². The van der Waals surface area contributed by atoms with Gasteiger partial charge in [0.1, 0.15) is 5.82 Å². The molecule has 0 bridgehead atoms. The van der Waals surface area contributed by atoms with Crippen LogP contribution in [0.25, 0.3) is 0 Å². The van der Waals surface area contributed by atoms with Crippen molar-refractivity contribution in [3.05, 3.63) is 17.6 Å². The van der Waals surface area contributed by atoms with Crippen LogP contribution in [0, 0.1) is 6.92 Å². The lowest BCUT2D eigenvalue weighted by atomic mass is 10.2. The van der Waals surface area contributed by atoms with Crippen LogP contribution in [0.4, 0.5) is 0 Å². The minimum absolute atomic E-state index is 0.0791. The number of primary sulfonamides is 1. The molecule has 0 saturated carbocycles. The van der Waals surface area contributed by atoms with E-state index in [1.165, 1.54) is 6.07 Å². The second-order valence-electron chi connectivity index (χ2n) is 3.41. The SMILES string of the molecule is Cc1cc(S(N)(=O)=O)nc(C(C)C)n1. The van der Waals surface area contributed by atoms with E-state index in [9.17, 15) is 8.42 Å². The molecule has 1 heterocycles. The summed E-state index contributed by atoms with van der Waals surface area (Å²) < 4.78 is 22.1. The summed E-state index contributed by atoms with van der Waals surface area (Å²) in [4.78, 5) is 8.00. The van der Waals surface area contributed by atoms with Gasteiger partial charge in [0.25, 0.3) is 10.0 Å². The normalized spacial score (nSPS) is 12.1. The maximum Gasteiger partial charge on any atom is 0.255 e. The van der Waals surface area contributed by atoms with Gasteiger partial charge in [0.2, 0.25) is 0 Å². The average molecular weight is 215 g/mol. The zero-order chi connectivity index (χ0) is 10.9. The molecule has 1 rings (SSSR count). The van der Waals surface area contributed by atoms with Crippen molar-refractivity contribution in [2.45, 2.75) is 31.7 Å². The largest absolute Gasteiger partial charge is 0.255 e. The van der Waals surface area contributed by atoms with Gasteiger partial charge in [0.15, 0.2) is 5.03 Å². The monoisotopic (exact) mass is 215 g/mol. The van der Waals surface area contributed by atoms with E-state index >= 15 is 0 Å². The van der Waals surface area contributed by atoms with Crippen molar-refractivity contribution in [3.8, 4) is 0 Å². The Balaban J connectivity index is 3.35. The number of sulfonamides is 1. The third-order valence-electron chi connectivity index (χ3n) is 1.66. The molecule has 1 aromatic rings. The van der Waals surface area contributed by atoms with Crippen molar-refractivity contribution in [3.63, 3.8) is 0 Å². The molecule has 0 amide bonds.